The highest BCUT2D eigenvalue weighted by Crippen LogP contribution is 2.18. The van der Waals surface area contributed by atoms with Gasteiger partial charge in [-0.3, -0.25) is 14.7 Å². The van der Waals surface area contributed by atoms with Crippen molar-refractivity contribution in [3.8, 4) is 0 Å². The minimum absolute atomic E-state index is 0.357. The Morgan fingerprint density at radius 1 is 1.11 bits per heavy atom. The normalized spacial score (nSPS) is 10.6. The van der Waals surface area contributed by atoms with Crippen LogP contribution >= 0.6 is 11.6 Å². The Labute approximate surface area is 106 Å². The van der Waals surface area contributed by atoms with Gasteiger partial charge in [0.1, 0.15) is 5.82 Å². The molecule has 2 N–H and O–H groups in total. The molecule has 0 aliphatic rings. The third-order valence-corrected chi connectivity index (χ3v) is 2.91. The van der Waals surface area contributed by atoms with Gasteiger partial charge in [0.05, 0.1) is 0 Å². The Hall–Kier alpha value is -1.88. The highest BCUT2D eigenvalue weighted by atomic mass is 35.5. The molecule has 0 amide bonds. The maximum atomic E-state index is 13.0. The van der Waals surface area contributed by atoms with Gasteiger partial charge in [-0.2, -0.15) is 0 Å². The van der Waals surface area contributed by atoms with E-state index in [1.165, 1.54) is 24.3 Å². The van der Waals surface area contributed by atoms with Crippen LogP contribution in [0.4, 0.5) is 4.39 Å². The molecule has 2 aromatic rings. The van der Waals surface area contributed by atoms with E-state index in [1.807, 2.05) is 0 Å². The molecule has 0 saturated carbocycles. The average molecular weight is 269 g/mol. The summed E-state index contributed by atoms with van der Waals surface area (Å²) in [5.74, 6) is -0.357. The highest BCUT2D eigenvalue weighted by molar-refractivity contribution is 6.31. The molecule has 6 heteroatoms. The average Bonchev–Trinajstić information content (AvgIpc) is 2.34. The summed E-state index contributed by atoms with van der Waals surface area (Å²) in [4.78, 5) is 22.0. The number of rotatable bonds is 3. The maximum Gasteiger partial charge on any atom is 0.310 e. The first kappa shape index (κ1) is 12.6. The van der Waals surface area contributed by atoms with Crippen LogP contribution in [0.1, 0.15) is 11.3 Å². The lowest BCUT2D eigenvalue weighted by atomic mass is 10.1. The van der Waals surface area contributed by atoms with Crippen LogP contribution in [-0.4, -0.2) is 10.2 Å². The Morgan fingerprint density at radius 3 is 2.61 bits per heavy atom. The number of aromatic nitrogens is 2. The van der Waals surface area contributed by atoms with E-state index in [2.05, 4.69) is 10.2 Å². The van der Waals surface area contributed by atoms with Crippen LogP contribution in [0.2, 0.25) is 5.02 Å². The highest BCUT2D eigenvalue weighted by Gasteiger charge is 2.04. The van der Waals surface area contributed by atoms with Crippen LogP contribution in [0.5, 0.6) is 0 Å². The van der Waals surface area contributed by atoms with Gasteiger partial charge in [-0.1, -0.05) is 11.6 Å². The lowest BCUT2D eigenvalue weighted by Gasteiger charge is -2.04. The van der Waals surface area contributed by atoms with E-state index < -0.39 is 11.0 Å². The van der Waals surface area contributed by atoms with Gasteiger partial charge >= 0.3 is 5.56 Å². The van der Waals surface area contributed by atoms with Crippen LogP contribution in [0.3, 0.4) is 0 Å². The van der Waals surface area contributed by atoms with Gasteiger partial charge in [0.25, 0.3) is 0 Å². The van der Waals surface area contributed by atoms with Crippen LogP contribution in [-0.2, 0) is 12.8 Å². The lowest BCUT2D eigenvalue weighted by Crippen LogP contribution is -2.27. The Morgan fingerprint density at radius 2 is 1.89 bits per heavy atom. The second kappa shape index (κ2) is 5.18. The zero-order valence-electron chi connectivity index (χ0n) is 9.30. The summed E-state index contributed by atoms with van der Waals surface area (Å²) in [6.45, 7) is 0. The number of H-pyrrole nitrogens is 2. The van der Waals surface area contributed by atoms with Crippen LogP contribution < -0.4 is 11.0 Å². The van der Waals surface area contributed by atoms with Gasteiger partial charge in [-0.15, -0.1) is 0 Å². The molecule has 2 rings (SSSR count). The number of aryl methyl sites for hydroxylation is 2. The standard InChI is InChI=1S/C12H10ClFN2O2/c13-10-4-2-8(14)5-7(10)1-3-9-6-11(17)12(18)16-15-9/h2,4-6H,1,3H2,(H,15,17)(H,16,18). The monoisotopic (exact) mass is 268 g/mol. The van der Waals surface area contributed by atoms with E-state index in [1.54, 1.807) is 0 Å². The topological polar surface area (TPSA) is 65.7 Å². The van der Waals surface area contributed by atoms with E-state index in [0.717, 1.165) is 0 Å². The number of hydrogen-bond acceptors (Lipinski definition) is 2. The van der Waals surface area contributed by atoms with Crippen molar-refractivity contribution in [2.24, 2.45) is 0 Å². The van der Waals surface area contributed by atoms with Gasteiger partial charge in [-0.25, -0.2) is 4.39 Å². The van der Waals surface area contributed by atoms with Crippen LogP contribution in [0, 0.1) is 5.82 Å². The summed E-state index contributed by atoms with van der Waals surface area (Å²) in [5, 5.41) is 5.31. The van der Waals surface area contributed by atoms with Crippen molar-refractivity contribution < 1.29 is 4.39 Å². The molecule has 0 radical (unpaired) electrons. The zero-order valence-corrected chi connectivity index (χ0v) is 10.1. The Kier molecular flexibility index (Phi) is 3.62. The first-order chi connectivity index (χ1) is 8.56. The van der Waals surface area contributed by atoms with E-state index >= 15 is 0 Å². The lowest BCUT2D eigenvalue weighted by molar-refractivity contribution is 0.625. The predicted molar refractivity (Wildman–Crippen MR) is 66.5 cm³/mol. The minimum atomic E-state index is -0.692. The first-order valence-electron chi connectivity index (χ1n) is 5.31. The molecule has 0 atom stereocenters. The first-order valence-corrected chi connectivity index (χ1v) is 5.69. The molecule has 0 saturated heterocycles. The second-order valence-electron chi connectivity index (χ2n) is 3.85. The molecule has 18 heavy (non-hydrogen) atoms. The summed E-state index contributed by atoms with van der Waals surface area (Å²) in [6, 6.07) is 5.35. The zero-order chi connectivity index (χ0) is 13.1. The third kappa shape index (κ3) is 2.87. The summed E-state index contributed by atoms with van der Waals surface area (Å²) in [6.07, 6.45) is 0.924. The molecule has 4 nitrogen and oxygen atoms in total. The molecule has 0 fully saturated rings. The number of nitrogens with one attached hydrogen (secondary N) is 2. The van der Waals surface area contributed by atoms with Crippen molar-refractivity contribution in [2.75, 3.05) is 0 Å². The van der Waals surface area contributed by atoms with Gasteiger partial charge in [0.2, 0.25) is 5.43 Å². The van der Waals surface area contributed by atoms with E-state index in [9.17, 15) is 14.0 Å². The van der Waals surface area contributed by atoms with Crippen molar-refractivity contribution in [1.29, 1.82) is 0 Å². The smallest absolute Gasteiger partial charge is 0.302 e. The fourth-order valence-corrected chi connectivity index (χ4v) is 1.81. The Balaban J connectivity index is 2.16. The number of aromatic amines is 2. The van der Waals surface area contributed by atoms with Crippen molar-refractivity contribution in [3.05, 3.63) is 66.9 Å². The maximum absolute atomic E-state index is 13.0. The van der Waals surface area contributed by atoms with Crippen molar-refractivity contribution >= 4 is 11.6 Å². The minimum Gasteiger partial charge on any atom is -0.302 e. The predicted octanol–water partition coefficient (Wildman–Crippen LogP) is 1.64. The SMILES string of the molecule is O=c1cc(CCc2cc(F)ccc2Cl)[nH][nH]c1=O. The van der Waals surface area contributed by atoms with Crippen molar-refractivity contribution in [3.63, 3.8) is 0 Å². The summed E-state index contributed by atoms with van der Waals surface area (Å²) >= 11 is 5.92. The summed E-state index contributed by atoms with van der Waals surface area (Å²) in [7, 11) is 0. The van der Waals surface area contributed by atoms with E-state index in [4.69, 9.17) is 11.6 Å². The van der Waals surface area contributed by atoms with Crippen LogP contribution in [0.25, 0.3) is 0 Å². The summed E-state index contributed by atoms with van der Waals surface area (Å²) in [5.41, 5.74) is -0.0692. The molecule has 0 aliphatic carbocycles. The van der Waals surface area contributed by atoms with Crippen molar-refractivity contribution in [1.82, 2.24) is 10.2 Å². The fraction of sp³-hybridized carbons (Fsp3) is 0.167. The van der Waals surface area contributed by atoms with Gasteiger partial charge in [0.15, 0.2) is 0 Å². The summed E-state index contributed by atoms with van der Waals surface area (Å²) < 4.78 is 13.0. The fourth-order valence-electron chi connectivity index (χ4n) is 1.60. The molecule has 1 heterocycles. The second-order valence-corrected chi connectivity index (χ2v) is 4.26. The molecule has 0 aliphatic heterocycles. The Bertz CT molecular complexity index is 678. The number of halogens is 2. The molecule has 0 spiro atoms. The molecular weight excluding hydrogens is 259 g/mol. The van der Waals surface area contributed by atoms with Crippen LogP contribution in [0.15, 0.2) is 33.9 Å². The molecule has 1 aromatic heterocycles. The van der Waals surface area contributed by atoms with Crippen molar-refractivity contribution in [2.45, 2.75) is 12.8 Å². The quantitative estimate of drug-likeness (QED) is 0.831. The molecule has 94 valence electrons. The van der Waals surface area contributed by atoms with Gasteiger partial charge in [-0.05, 0) is 36.6 Å². The number of hydrogen-bond donors (Lipinski definition) is 2. The third-order valence-electron chi connectivity index (χ3n) is 2.54. The number of benzene rings is 1. The van der Waals surface area contributed by atoms with Gasteiger partial charge < -0.3 is 5.10 Å². The van der Waals surface area contributed by atoms with E-state index in [0.29, 0.717) is 29.1 Å². The molecule has 0 bridgehead atoms. The molecule has 1 aromatic carbocycles. The molecular formula is C12H10ClFN2O2. The van der Waals surface area contributed by atoms with E-state index in [-0.39, 0.29) is 5.82 Å². The largest absolute Gasteiger partial charge is 0.310 e. The molecule has 0 unspecified atom stereocenters. The van der Waals surface area contributed by atoms with Gasteiger partial charge in [0, 0.05) is 16.8 Å².